The summed E-state index contributed by atoms with van der Waals surface area (Å²) < 4.78 is 13.3. The molecular formula is C25H28N6O2. The van der Waals surface area contributed by atoms with E-state index in [1.807, 2.05) is 27.0 Å². The molecule has 4 heterocycles. The number of fused-ring (bicyclic) bond motifs is 3. The molecule has 0 bridgehead atoms. The molecule has 8 nitrogen and oxygen atoms in total. The first kappa shape index (κ1) is 21.2. The molecule has 0 amide bonds. The minimum Gasteiger partial charge on any atom is -0.496 e. The van der Waals surface area contributed by atoms with Gasteiger partial charge in [0.15, 0.2) is 0 Å². The normalized spacial score (nSPS) is 11.9. The fourth-order valence-corrected chi connectivity index (χ4v) is 4.68. The molecule has 0 saturated heterocycles. The summed E-state index contributed by atoms with van der Waals surface area (Å²) in [5, 5.41) is 10.7. The van der Waals surface area contributed by atoms with E-state index in [1.54, 1.807) is 7.11 Å². The molecule has 33 heavy (non-hydrogen) atoms. The molecular weight excluding hydrogens is 416 g/mol. The summed E-state index contributed by atoms with van der Waals surface area (Å²) in [4.78, 5) is 13.1. The molecule has 4 aromatic heterocycles. The second kappa shape index (κ2) is 7.72. The minimum absolute atomic E-state index is 0.271. The Morgan fingerprint density at radius 2 is 1.91 bits per heavy atom. The molecule has 0 unspecified atom stereocenters. The van der Waals surface area contributed by atoms with Crippen molar-refractivity contribution >= 4 is 21.9 Å². The van der Waals surface area contributed by atoms with Crippen LogP contribution < -0.4 is 4.74 Å². The summed E-state index contributed by atoms with van der Waals surface area (Å²) in [6.45, 7) is 12.2. The van der Waals surface area contributed by atoms with E-state index in [1.165, 1.54) is 0 Å². The van der Waals surface area contributed by atoms with Gasteiger partial charge >= 0.3 is 0 Å². The van der Waals surface area contributed by atoms with E-state index in [2.05, 4.69) is 52.8 Å². The van der Waals surface area contributed by atoms with Crippen LogP contribution in [0.2, 0.25) is 0 Å². The van der Waals surface area contributed by atoms with Crippen LogP contribution in [0.15, 0.2) is 22.9 Å². The van der Waals surface area contributed by atoms with Crippen molar-refractivity contribution < 1.29 is 9.26 Å². The van der Waals surface area contributed by atoms with Gasteiger partial charge in [0.1, 0.15) is 23.0 Å². The number of benzene rings is 1. The van der Waals surface area contributed by atoms with Gasteiger partial charge in [-0.2, -0.15) is 5.10 Å². The van der Waals surface area contributed by atoms with Gasteiger partial charge in [-0.25, -0.2) is 9.97 Å². The van der Waals surface area contributed by atoms with Crippen molar-refractivity contribution in [2.75, 3.05) is 7.11 Å². The topological polar surface area (TPSA) is 94.7 Å². The van der Waals surface area contributed by atoms with Gasteiger partial charge in [0.25, 0.3) is 0 Å². The van der Waals surface area contributed by atoms with Crippen LogP contribution in [-0.2, 0) is 6.42 Å². The second-order valence-electron chi connectivity index (χ2n) is 8.85. The zero-order chi connectivity index (χ0) is 23.4. The summed E-state index contributed by atoms with van der Waals surface area (Å²) in [5.74, 6) is 2.25. The number of methoxy groups -OCH3 is 1. The number of nitrogens with one attached hydrogen (secondary N) is 1. The van der Waals surface area contributed by atoms with E-state index in [9.17, 15) is 0 Å². The van der Waals surface area contributed by atoms with E-state index in [0.717, 1.165) is 73.0 Å². The van der Waals surface area contributed by atoms with Gasteiger partial charge in [-0.05, 0) is 59.2 Å². The van der Waals surface area contributed by atoms with E-state index >= 15 is 0 Å². The lowest BCUT2D eigenvalue weighted by atomic mass is 10.00. The third kappa shape index (κ3) is 3.37. The van der Waals surface area contributed by atoms with Crippen LogP contribution in [0.25, 0.3) is 33.1 Å². The monoisotopic (exact) mass is 444 g/mol. The Kier molecular flexibility index (Phi) is 4.96. The number of rotatable bonds is 5. The smallest absolute Gasteiger partial charge is 0.142 e. The Labute approximate surface area is 192 Å². The Morgan fingerprint density at radius 3 is 2.58 bits per heavy atom. The largest absolute Gasteiger partial charge is 0.496 e. The van der Waals surface area contributed by atoms with Crippen molar-refractivity contribution in [2.24, 2.45) is 0 Å². The number of nitrogens with zero attached hydrogens (tertiary/aromatic N) is 5. The van der Waals surface area contributed by atoms with Gasteiger partial charge in [0.05, 0.1) is 30.3 Å². The van der Waals surface area contributed by atoms with Crippen LogP contribution in [0, 0.1) is 27.7 Å². The predicted octanol–water partition coefficient (Wildman–Crippen LogP) is 5.38. The van der Waals surface area contributed by atoms with E-state index in [0.29, 0.717) is 6.42 Å². The summed E-state index contributed by atoms with van der Waals surface area (Å²) in [7, 11) is 1.68. The van der Waals surface area contributed by atoms with Crippen LogP contribution in [-0.4, -0.2) is 37.0 Å². The van der Waals surface area contributed by atoms with Crippen molar-refractivity contribution in [1.29, 1.82) is 0 Å². The van der Waals surface area contributed by atoms with Crippen molar-refractivity contribution in [3.63, 3.8) is 0 Å². The van der Waals surface area contributed by atoms with Crippen LogP contribution in [0.4, 0.5) is 0 Å². The van der Waals surface area contributed by atoms with Crippen LogP contribution >= 0.6 is 0 Å². The molecule has 1 aromatic carbocycles. The highest BCUT2D eigenvalue weighted by molar-refractivity contribution is 6.09. The number of hydrogen-bond donors (Lipinski definition) is 1. The molecule has 0 aliphatic rings. The molecule has 5 aromatic rings. The molecule has 0 radical (unpaired) electrons. The van der Waals surface area contributed by atoms with Gasteiger partial charge in [-0.1, -0.05) is 5.16 Å². The molecule has 1 N–H and O–H groups in total. The standard InChI is InChI=1S/C25H28N6O2/c1-12(2)31-21(13(3)11-26-31)10-20-24-17-9-22(32-7)18(23-14(4)30-33-15(23)5)8-19(17)29-25(24)28-16(6)27-20/h8-9,11-12H,10H2,1-7H3,(H,27,28,29). The number of aromatic amines is 1. The number of aromatic nitrogens is 6. The zero-order valence-electron chi connectivity index (χ0n) is 20.1. The maximum atomic E-state index is 5.81. The molecule has 0 atom stereocenters. The maximum absolute atomic E-state index is 5.81. The highest BCUT2D eigenvalue weighted by Crippen LogP contribution is 2.40. The number of aryl methyl sites for hydroxylation is 4. The molecule has 0 fully saturated rings. The number of ether oxygens (including phenoxy) is 1. The van der Waals surface area contributed by atoms with Gasteiger partial charge in [-0.15, -0.1) is 0 Å². The third-order valence-corrected chi connectivity index (χ3v) is 6.19. The molecule has 0 aliphatic carbocycles. The Morgan fingerprint density at radius 1 is 1.12 bits per heavy atom. The summed E-state index contributed by atoms with van der Waals surface area (Å²) in [6.07, 6.45) is 2.60. The van der Waals surface area contributed by atoms with Crippen LogP contribution in [0.3, 0.4) is 0 Å². The zero-order valence-corrected chi connectivity index (χ0v) is 20.1. The lowest BCUT2D eigenvalue weighted by Gasteiger charge is -2.13. The fraction of sp³-hybridized carbons (Fsp3) is 0.360. The first-order chi connectivity index (χ1) is 15.8. The summed E-state index contributed by atoms with van der Waals surface area (Å²) in [5.41, 5.74) is 7.80. The highest BCUT2D eigenvalue weighted by Gasteiger charge is 2.21. The van der Waals surface area contributed by atoms with Gasteiger partial charge in [-0.3, -0.25) is 4.68 Å². The molecule has 5 rings (SSSR count). The Bertz CT molecular complexity index is 1490. The summed E-state index contributed by atoms with van der Waals surface area (Å²) >= 11 is 0. The van der Waals surface area contributed by atoms with E-state index in [-0.39, 0.29) is 6.04 Å². The number of hydrogen-bond acceptors (Lipinski definition) is 6. The molecule has 170 valence electrons. The molecule has 8 heteroatoms. The van der Waals surface area contributed by atoms with Crippen LogP contribution in [0.5, 0.6) is 5.75 Å². The Balaban J connectivity index is 1.76. The van der Waals surface area contributed by atoms with Gasteiger partial charge in [0.2, 0.25) is 0 Å². The van der Waals surface area contributed by atoms with Gasteiger partial charge in [0, 0.05) is 40.0 Å². The lowest BCUT2D eigenvalue weighted by Crippen LogP contribution is -2.10. The van der Waals surface area contributed by atoms with Gasteiger partial charge < -0.3 is 14.2 Å². The van der Waals surface area contributed by atoms with Crippen molar-refractivity contribution in [1.82, 2.24) is 29.9 Å². The highest BCUT2D eigenvalue weighted by atomic mass is 16.5. The first-order valence-electron chi connectivity index (χ1n) is 11.1. The lowest BCUT2D eigenvalue weighted by molar-refractivity contribution is 0.393. The van der Waals surface area contributed by atoms with E-state index < -0.39 is 0 Å². The predicted molar refractivity (Wildman–Crippen MR) is 128 cm³/mol. The molecule has 0 spiro atoms. The average Bonchev–Trinajstić information content (AvgIpc) is 3.41. The van der Waals surface area contributed by atoms with Crippen molar-refractivity contribution in [3.8, 4) is 16.9 Å². The quantitative estimate of drug-likeness (QED) is 0.391. The minimum atomic E-state index is 0.271. The fourth-order valence-electron chi connectivity index (χ4n) is 4.68. The van der Waals surface area contributed by atoms with E-state index in [4.69, 9.17) is 19.2 Å². The SMILES string of the molecule is COc1cc2c(cc1-c1c(C)noc1C)[nH]c1nc(C)nc(Cc3c(C)cnn3C(C)C)c12. The van der Waals surface area contributed by atoms with Crippen molar-refractivity contribution in [2.45, 2.75) is 54.0 Å². The van der Waals surface area contributed by atoms with Crippen LogP contribution in [0.1, 0.15) is 54.1 Å². The second-order valence-corrected chi connectivity index (χ2v) is 8.85. The Hall–Kier alpha value is -3.68. The summed E-state index contributed by atoms with van der Waals surface area (Å²) in [6, 6.07) is 4.42. The average molecular weight is 445 g/mol. The number of H-pyrrole nitrogens is 1. The molecule has 0 aliphatic heterocycles. The van der Waals surface area contributed by atoms with Crippen molar-refractivity contribution in [3.05, 3.63) is 52.6 Å². The molecule has 0 saturated carbocycles. The third-order valence-electron chi connectivity index (χ3n) is 6.19. The maximum Gasteiger partial charge on any atom is 0.142 e. The first-order valence-corrected chi connectivity index (χ1v) is 11.1.